The molecule has 0 amide bonds. The van der Waals surface area contributed by atoms with Crippen LogP contribution in [0.3, 0.4) is 0 Å². The quantitative estimate of drug-likeness (QED) is 0.660. The van der Waals surface area contributed by atoms with E-state index < -0.39 is 0 Å². The van der Waals surface area contributed by atoms with Crippen molar-refractivity contribution in [1.29, 1.82) is 0 Å². The Hall–Kier alpha value is -1.37. The Labute approximate surface area is 91.8 Å². The van der Waals surface area contributed by atoms with Crippen molar-refractivity contribution in [2.75, 3.05) is 6.54 Å². The summed E-state index contributed by atoms with van der Waals surface area (Å²) in [5.41, 5.74) is 2.86. The van der Waals surface area contributed by atoms with Crippen LogP contribution in [0.15, 0.2) is 42.0 Å². The zero-order valence-electron chi connectivity index (χ0n) is 9.32. The lowest BCUT2D eigenvalue weighted by molar-refractivity contribution is -0.539. The fourth-order valence-electron chi connectivity index (χ4n) is 1.95. The Morgan fingerprint density at radius 1 is 1.20 bits per heavy atom. The molecule has 0 spiro atoms. The Kier molecular flexibility index (Phi) is 3.33. The highest BCUT2D eigenvalue weighted by Crippen LogP contribution is 2.08. The molecule has 0 atom stereocenters. The lowest BCUT2D eigenvalue weighted by Gasteiger charge is -2.08. The largest absolute Gasteiger partial charge is 0.231 e. The maximum atomic E-state index is 2.41. The van der Waals surface area contributed by atoms with Crippen molar-refractivity contribution in [3.8, 4) is 0 Å². The standard InChI is InChI=1S/C14H18N/c1-2-13-9-6-10-15(11-13)12-14-7-4-3-5-8-14/h3-5,7-9,11H,2,6,10,12H2,1H3/q+1. The van der Waals surface area contributed by atoms with Gasteiger partial charge in [0.1, 0.15) is 6.54 Å². The molecular formula is C14H18N+. The van der Waals surface area contributed by atoms with E-state index in [4.69, 9.17) is 0 Å². The zero-order valence-corrected chi connectivity index (χ0v) is 9.32. The summed E-state index contributed by atoms with van der Waals surface area (Å²) in [4.78, 5) is 0. The summed E-state index contributed by atoms with van der Waals surface area (Å²) >= 11 is 0. The van der Waals surface area contributed by atoms with E-state index in [0.29, 0.717) is 0 Å². The third kappa shape index (κ3) is 2.79. The molecule has 1 heteroatoms. The van der Waals surface area contributed by atoms with E-state index in [9.17, 15) is 0 Å². The van der Waals surface area contributed by atoms with Gasteiger partial charge in [0.15, 0.2) is 12.8 Å². The van der Waals surface area contributed by atoms with E-state index in [1.54, 1.807) is 0 Å². The Morgan fingerprint density at radius 3 is 2.73 bits per heavy atom. The molecule has 0 fully saturated rings. The van der Waals surface area contributed by atoms with E-state index in [2.05, 4.69) is 54.1 Å². The summed E-state index contributed by atoms with van der Waals surface area (Å²) in [6.07, 6.45) is 6.98. The molecule has 0 saturated carbocycles. The first-order valence-corrected chi connectivity index (χ1v) is 5.70. The highest BCUT2D eigenvalue weighted by Gasteiger charge is 2.10. The predicted octanol–water partition coefficient (Wildman–Crippen LogP) is 3.01. The maximum Gasteiger partial charge on any atom is 0.168 e. The van der Waals surface area contributed by atoms with Gasteiger partial charge < -0.3 is 0 Å². The fourth-order valence-corrected chi connectivity index (χ4v) is 1.95. The van der Waals surface area contributed by atoms with Gasteiger partial charge in [-0.1, -0.05) is 43.3 Å². The molecule has 0 N–H and O–H groups in total. The molecule has 0 saturated heterocycles. The maximum absolute atomic E-state index is 2.41. The van der Waals surface area contributed by atoms with Gasteiger partial charge in [-0.15, -0.1) is 0 Å². The normalized spacial score (nSPS) is 15.8. The van der Waals surface area contributed by atoms with Crippen LogP contribution in [0, 0.1) is 0 Å². The Balaban J connectivity index is 2.07. The van der Waals surface area contributed by atoms with Gasteiger partial charge >= 0.3 is 0 Å². The molecule has 0 bridgehead atoms. The molecule has 15 heavy (non-hydrogen) atoms. The van der Waals surface area contributed by atoms with Gasteiger partial charge in [0.25, 0.3) is 0 Å². The van der Waals surface area contributed by atoms with Crippen molar-refractivity contribution >= 4 is 6.21 Å². The third-order valence-corrected chi connectivity index (χ3v) is 2.81. The van der Waals surface area contributed by atoms with Gasteiger partial charge in [-0.3, -0.25) is 0 Å². The molecule has 1 aromatic rings. The van der Waals surface area contributed by atoms with Crippen molar-refractivity contribution in [2.45, 2.75) is 26.3 Å². The van der Waals surface area contributed by atoms with Crippen molar-refractivity contribution in [1.82, 2.24) is 0 Å². The fraction of sp³-hybridized carbons (Fsp3) is 0.357. The summed E-state index contributed by atoms with van der Waals surface area (Å²) in [6, 6.07) is 10.7. The minimum Gasteiger partial charge on any atom is -0.231 e. The molecule has 1 aliphatic heterocycles. The van der Waals surface area contributed by atoms with E-state index in [1.807, 2.05) is 0 Å². The molecule has 0 unspecified atom stereocenters. The van der Waals surface area contributed by atoms with Gasteiger partial charge in [-0.25, -0.2) is 4.58 Å². The van der Waals surface area contributed by atoms with Crippen LogP contribution in [0.2, 0.25) is 0 Å². The molecule has 78 valence electrons. The van der Waals surface area contributed by atoms with E-state index >= 15 is 0 Å². The number of allylic oxidation sites excluding steroid dienone is 1. The second kappa shape index (κ2) is 4.92. The third-order valence-electron chi connectivity index (χ3n) is 2.81. The Bertz CT molecular complexity index is 374. The molecule has 2 rings (SSSR count). The lowest BCUT2D eigenvalue weighted by atomic mass is 10.1. The smallest absolute Gasteiger partial charge is 0.168 e. The summed E-state index contributed by atoms with van der Waals surface area (Å²) in [6.45, 7) is 4.41. The summed E-state index contributed by atoms with van der Waals surface area (Å²) < 4.78 is 2.41. The average Bonchev–Trinajstić information content (AvgIpc) is 2.31. The van der Waals surface area contributed by atoms with Gasteiger partial charge in [-0.2, -0.15) is 0 Å². The first-order chi connectivity index (χ1) is 7.38. The number of benzene rings is 1. The minimum atomic E-state index is 1.04. The van der Waals surface area contributed by atoms with E-state index in [1.165, 1.54) is 17.6 Å². The summed E-state index contributed by atoms with van der Waals surface area (Å²) in [5.74, 6) is 0. The first kappa shape index (κ1) is 10.2. The van der Waals surface area contributed by atoms with Crippen LogP contribution in [-0.2, 0) is 6.54 Å². The highest BCUT2D eigenvalue weighted by atomic mass is 15.0. The second-order valence-electron chi connectivity index (χ2n) is 4.01. The van der Waals surface area contributed by atoms with Crippen LogP contribution >= 0.6 is 0 Å². The van der Waals surface area contributed by atoms with Crippen molar-refractivity contribution in [2.24, 2.45) is 0 Å². The topological polar surface area (TPSA) is 3.01 Å². The molecule has 1 aromatic carbocycles. The zero-order chi connectivity index (χ0) is 10.5. The summed E-state index contributed by atoms with van der Waals surface area (Å²) in [5, 5.41) is 0. The minimum absolute atomic E-state index is 1.04. The molecule has 0 aliphatic carbocycles. The molecule has 1 nitrogen and oxygen atoms in total. The number of rotatable bonds is 3. The summed E-state index contributed by atoms with van der Waals surface area (Å²) in [7, 11) is 0. The van der Waals surface area contributed by atoms with Crippen LogP contribution < -0.4 is 0 Å². The van der Waals surface area contributed by atoms with Gasteiger partial charge in [-0.05, 0) is 6.42 Å². The van der Waals surface area contributed by atoms with Crippen molar-refractivity contribution in [3.05, 3.63) is 47.5 Å². The van der Waals surface area contributed by atoms with Crippen LogP contribution in [0.25, 0.3) is 0 Å². The van der Waals surface area contributed by atoms with Crippen molar-refractivity contribution in [3.63, 3.8) is 0 Å². The molecule has 0 aromatic heterocycles. The molecular weight excluding hydrogens is 182 g/mol. The van der Waals surface area contributed by atoms with Crippen LogP contribution in [-0.4, -0.2) is 17.3 Å². The van der Waals surface area contributed by atoms with E-state index in [0.717, 1.165) is 19.5 Å². The van der Waals surface area contributed by atoms with Gasteiger partial charge in [0.2, 0.25) is 0 Å². The predicted molar refractivity (Wildman–Crippen MR) is 64.3 cm³/mol. The monoisotopic (exact) mass is 200 g/mol. The Morgan fingerprint density at radius 2 is 2.00 bits per heavy atom. The van der Waals surface area contributed by atoms with Gasteiger partial charge in [0, 0.05) is 17.6 Å². The highest BCUT2D eigenvalue weighted by molar-refractivity contribution is 5.74. The second-order valence-corrected chi connectivity index (χ2v) is 4.01. The SMILES string of the molecule is CCC1=CCC[N+](Cc2ccccc2)=C1. The number of hydrogen-bond donors (Lipinski definition) is 0. The lowest BCUT2D eigenvalue weighted by Crippen LogP contribution is -2.18. The van der Waals surface area contributed by atoms with Gasteiger partial charge in [0.05, 0.1) is 0 Å². The molecule has 1 aliphatic rings. The molecule has 0 radical (unpaired) electrons. The number of nitrogens with zero attached hydrogens (tertiary/aromatic N) is 1. The van der Waals surface area contributed by atoms with Crippen LogP contribution in [0.5, 0.6) is 0 Å². The first-order valence-electron chi connectivity index (χ1n) is 5.70. The van der Waals surface area contributed by atoms with Crippen LogP contribution in [0.1, 0.15) is 25.3 Å². The molecule has 1 heterocycles. The van der Waals surface area contributed by atoms with Crippen molar-refractivity contribution < 1.29 is 4.58 Å². The number of hydrogen-bond acceptors (Lipinski definition) is 0. The average molecular weight is 200 g/mol. The van der Waals surface area contributed by atoms with E-state index in [-0.39, 0.29) is 0 Å². The van der Waals surface area contributed by atoms with Crippen LogP contribution in [0.4, 0.5) is 0 Å².